The summed E-state index contributed by atoms with van der Waals surface area (Å²) in [5.41, 5.74) is 3.80. The van der Waals surface area contributed by atoms with Crippen LogP contribution in [-0.2, 0) is 11.2 Å². The highest BCUT2D eigenvalue weighted by Gasteiger charge is 2.49. The van der Waals surface area contributed by atoms with Crippen molar-refractivity contribution in [1.82, 2.24) is 10.2 Å². The third kappa shape index (κ3) is 2.81. The van der Waals surface area contributed by atoms with Crippen molar-refractivity contribution < 1.29 is 9.13 Å². The lowest BCUT2D eigenvalue weighted by Gasteiger charge is -2.41. The van der Waals surface area contributed by atoms with E-state index in [1.54, 1.807) is 0 Å². The van der Waals surface area contributed by atoms with E-state index in [1.807, 2.05) is 0 Å². The van der Waals surface area contributed by atoms with E-state index in [-0.39, 0.29) is 6.04 Å². The summed E-state index contributed by atoms with van der Waals surface area (Å²) in [6, 6.07) is 17.8. The van der Waals surface area contributed by atoms with Gasteiger partial charge >= 0.3 is 0 Å². The van der Waals surface area contributed by atoms with Gasteiger partial charge in [-0.2, -0.15) is 0 Å². The van der Waals surface area contributed by atoms with Crippen molar-refractivity contribution in [2.45, 2.75) is 31.2 Å². The molecule has 1 N–H and O–H groups in total. The van der Waals surface area contributed by atoms with Crippen LogP contribution in [0.3, 0.4) is 0 Å². The third-order valence-corrected chi connectivity index (χ3v) is 5.98. The molecule has 5 rings (SSSR count). The predicted octanol–water partition coefficient (Wildman–Crippen LogP) is 3.01. The van der Waals surface area contributed by atoms with Crippen LogP contribution in [0.5, 0.6) is 0 Å². The highest BCUT2D eigenvalue weighted by atomic mass is 19.1. The van der Waals surface area contributed by atoms with E-state index in [0.717, 1.165) is 13.0 Å². The van der Waals surface area contributed by atoms with Crippen molar-refractivity contribution in [2.75, 3.05) is 26.2 Å². The molecule has 0 aliphatic carbocycles. The van der Waals surface area contributed by atoms with Gasteiger partial charge in [0, 0.05) is 19.6 Å². The van der Waals surface area contributed by atoms with Crippen LogP contribution < -0.4 is 5.32 Å². The second-order valence-corrected chi connectivity index (χ2v) is 7.82. The number of nitrogens with one attached hydrogen (secondary N) is 1. The number of aliphatic imine (C=N–C) groups is 1. The van der Waals surface area contributed by atoms with Crippen molar-refractivity contribution in [2.24, 2.45) is 4.99 Å². The average molecular weight is 365 g/mol. The molecule has 2 aromatic rings. The topological polar surface area (TPSA) is 36.9 Å². The number of hydrogen-bond acceptors (Lipinski definition) is 4. The predicted molar refractivity (Wildman–Crippen MR) is 104 cm³/mol. The summed E-state index contributed by atoms with van der Waals surface area (Å²) in [5, 5.41) is 3.01. The smallest absolute Gasteiger partial charge is 0.288 e. The van der Waals surface area contributed by atoms with Gasteiger partial charge in [-0.1, -0.05) is 54.1 Å². The van der Waals surface area contributed by atoms with Crippen LogP contribution in [0.4, 0.5) is 4.39 Å². The highest BCUT2D eigenvalue weighted by Crippen LogP contribution is 2.37. The van der Waals surface area contributed by atoms with Crippen LogP contribution in [0.1, 0.15) is 28.3 Å². The van der Waals surface area contributed by atoms with Gasteiger partial charge in [-0.3, -0.25) is 0 Å². The number of nitrogens with zero attached hydrogens (tertiary/aromatic N) is 2. The molecule has 0 saturated carbocycles. The number of aryl methyl sites for hydroxylation is 1. The Morgan fingerprint density at radius 2 is 1.93 bits per heavy atom. The first-order chi connectivity index (χ1) is 13.1. The summed E-state index contributed by atoms with van der Waals surface area (Å²) in [4.78, 5) is 6.82. The fourth-order valence-electron chi connectivity index (χ4n) is 4.26. The van der Waals surface area contributed by atoms with E-state index in [2.05, 4.69) is 70.7 Å². The molecular weight excluding hydrogens is 341 g/mol. The Bertz CT molecular complexity index is 875. The summed E-state index contributed by atoms with van der Waals surface area (Å²) < 4.78 is 20.8. The molecule has 2 atom stereocenters. The van der Waals surface area contributed by atoms with E-state index in [4.69, 9.17) is 4.74 Å². The Balaban J connectivity index is 1.49. The summed E-state index contributed by atoms with van der Waals surface area (Å²) in [6.07, 6.45) is 0.457. The Kier molecular flexibility index (Phi) is 3.93. The Morgan fingerprint density at radius 1 is 1.15 bits per heavy atom. The fraction of sp³-hybridized carbons (Fsp3) is 0.409. The zero-order chi connectivity index (χ0) is 18.4. The van der Waals surface area contributed by atoms with Crippen molar-refractivity contribution in [3.8, 4) is 0 Å². The molecule has 3 aliphatic rings. The number of hydrogen-bond donors (Lipinski definition) is 1. The van der Waals surface area contributed by atoms with E-state index >= 15 is 0 Å². The molecule has 3 aliphatic heterocycles. The lowest BCUT2D eigenvalue weighted by molar-refractivity contribution is -0.0284. The van der Waals surface area contributed by atoms with Gasteiger partial charge < -0.3 is 15.0 Å². The SMILES string of the molecule is Cc1ccc([C@H]2c3ccccc3CCN2C2=NC[C@H](C3(F)CNC3)O2)cc1. The van der Waals surface area contributed by atoms with Crippen molar-refractivity contribution in [1.29, 1.82) is 0 Å². The molecule has 0 bridgehead atoms. The zero-order valence-electron chi connectivity index (χ0n) is 15.5. The molecule has 5 heteroatoms. The second kappa shape index (κ2) is 6.34. The molecular formula is C22H24FN3O. The van der Waals surface area contributed by atoms with E-state index < -0.39 is 11.8 Å². The van der Waals surface area contributed by atoms with E-state index in [1.165, 1.54) is 22.3 Å². The highest BCUT2D eigenvalue weighted by molar-refractivity contribution is 5.77. The normalized spacial score (nSPS) is 26.0. The maximum absolute atomic E-state index is 14.8. The lowest BCUT2D eigenvalue weighted by atomic mass is 9.88. The van der Waals surface area contributed by atoms with Gasteiger partial charge in [-0.05, 0) is 30.0 Å². The molecule has 0 spiro atoms. The van der Waals surface area contributed by atoms with Crippen LogP contribution in [0, 0.1) is 6.92 Å². The molecule has 1 saturated heterocycles. The summed E-state index contributed by atoms with van der Waals surface area (Å²) in [5.74, 6) is 0. The quantitative estimate of drug-likeness (QED) is 0.889. The number of benzene rings is 2. The molecule has 4 nitrogen and oxygen atoms in total. The van der Waals surface area contributed by atoms with Crippen LogP contribution in [-0.4, -0.2) is 48.9 Å². The Labute approximate surface area is 159 Å². The maximum atomic E-state index is 14.8. The van der Waals surface area contributed by atoms with Crippen LogP contribution in [0.15, 0.2) is 53.5 Å². The largest absolute Gasteiger partial charge is 0.456 e. The first kappa shape index (κ1) is 16.8. The van der Waals surface area contributed by atoms with Crippen LogP contribution in [0.2, 0.25) is 0 Å². The number of rotatable bonds is 2. The first-order valence-corrected chi connectivity index (χ1v) is 9.66. The molecule has 0 unspecified atom stereocenters. The van der Waals surface area contributed by atoms with E-state index in [0.29, 0.717) is 25.7 Å². The maximum Gasteiger partial charge on any atom is 0.288 e. The third-order valence-electron chi connectivity index (χ3n) is 5.98. The number of alkyl halides is 1. The van der Waals surface area contributed by atoms with Gasteiger partial charge in [0.2, 0.25) is 0 Å². The van der Waals surface area contributed by atoms with Gasteiger partial charge in [-0.15, -0.1) is 0 Å². The molecule has 3 heterocycles. The monoisotopic (exact) mass is 365 g/mol. The molecule has 1 fully saturated rings. The Morgan fingerprint density at radius 3 is 2.67 bits per heavy atom. The number of fused-ring (bicyclic) bond motifs is 1. The molecule has 140 valence electrons. The summed E-state index contributed by atoms with van der Waals surface area (Å²) in [7, 11) is 0. The van der Waals surface area contributed by atoms with Gasteiger partial charge in [0.25, 0.3) is 6.02 Å². The van der Waals surface area contributed by atoms with Gasteiger partial charge in [-0.25, -0.2) is 9.38 Å². The number of halogens is 1. The standard InChI is InChI=1S/C22H24FN3O/c1-15-6-8-17(9-7-15)20-18-5-3-2-4-16(18)10-11-26(20)21-25-12-19(27-21)22(23)13-24-14-22/h2-9,19-20,24H,10-14H2,1H3/t19-,20+/m1/s1. The van der Waals surface area contributed by atoms with Crippen molar-refractivity contribution in [3.63, 3.8) is 0 Å². The average Bonchev–Trinajstić information content (AvgIpc) is 3.16. The Hall–Kier alpha value is -2.40. The van der Waals surface area contributed by atoms with E-state index in [9.17, 15) is 4.39 Å². The first-order valence-electron chi connectivity index (χ1n) is 9.66. The molecule has 27 heavy (non-hydrogen) atoms. The number of amidine groups is 1. The van der Waals surface area contributed by atoms with Gasteiger partial charge in [0.1, 0.15) is 0 Å². The van der Waals surface area contributed by atoms with Gasteiger partial charge in [0.15, 0.2) is 11.8 Å². The molecule has 0 aromatic heterocycles. The minimum Gasteiger partial charge on any atom is -0.456 e. The minimum atomic E-state index is -1.29. The van der Waals surface area contributed by atoms with Crippen molar-refractivity contribution >= 4 is 6.02 Å². The molecule has 2 aromatic carbocycles. The fourth-order valence-corrected chi connectivity index (χ4v) is 4.26. The van der Waals surface area contributed by atoms with Crippen LogP contribution in [0.25, 0.3) is 0 Å². The zero-order valence-corrected chi connectivity index (χ0v) is 15.5. The summed E-state index contributed by atoms with van der Waals surface area (Å²) in [6.45, 7) is 4.01. The molecule has 0 radical (unpaired) electrons. The van der Waals surface area contributed by atoms with Crippen molar-refractivity contribution in [3.05, 3.63) is 70.8 Å². The number of ether oxygens (including phenoxy) is 1. The minimum absolute atomic E-state index is 0.0446. The van der Waals surface area contributed by atoms with Gasteiger partial charge in [0.05, 0.1) is 12.6 Å². The summed E-state index contributed by atoms with van der Waals surface area (Å²) >= 11 is 0. The molecule has 0 amide bonds. The lowest BCUT2D eigenvalue weighted by Crippen LogP contribution is -2.64. The second-order valence-electron chi connectivity index (χ2n) is 7.82. The van der Waals surface area contributed by atoms with Crippen LogP contribution >= 0.6 is 0 Å².